The maximum absolute atomic E-state index is 4.71. The third kappa shape index (κ3) is 3.02. The van der Waals surface area contributed by atoms with Crippen LogP contribution in [-0.4, -0.2) is 20.7 Å². The molecule has 0 aliphatic heterocycles. The largest absolute Gasteiger partial charge is 0.249 e. The van der Waals surface area contributed by atoms with E-state index in [4.69, 9.17) is 4.99 Å². The van der Waals surface area contributed by atoms with Gasteiger partial charge in [-0.3, -0.25) is 0 Å². The third-order valence-electron chi connectivity index (χ3n) is 2.99. The summed E-state index contributed by atoms with van der Waals surface area (Å²) < 4.78 is 0. The van der Waals surface area contributed by atoms with Crippen LogP contribution in [0.3, 0.4) is 0 Å². The van der Waals surface area contributed by atoms with Crippen LogP contribution in [0.5, 0.6) is 0 Å². The molecule has 4 nitrogen and oxygen atoms in total. The summed E-state index contributed by atoms with van der Waals surface area (Å²) in [6.07, 6.45) is 2.98. The van der Waals surface area contributed by atoms with Crippen LogP contribution in [0.1, 0.15) is 43.6 Å². The normalized spacial score (nSPS) is 11.9. The van der Waals surface area contributed by atoms with E-state index in [0.717, 1.165) is 11.4 Å². The topological polar surface area (TPSA) is 51.0 Å². The molecule has 0 fully saturated rings. The Hall–Kier alpha value is -2.10. The van der Waals surface area contributed by atoms with E-state index in [1.807, 2.05) is 6.92 Å². The molecule has 0 bridgehead atoms. The molecule has 98 valence electrons. The number of nitrogens with zero attached hydrogens (tertiary/aromatic N) is 4. The number of para-hydroxylation sites is 1. The van der Waals surface area contributed by atoms with Crippen molar-refractivity contribution in [1.29, 1.82) is 0 Å². The SMILES string of the molecule is CC(=Nc1c(C)cccc1C(C)C)c1ncncn1. The zero-order chi connectivity index (χ0) is 13.8. The molecule has 0 radical (unpaired) electrons. The Morgan fingerprint density at radius 1 is 1.16 bits per heavy atom. The van der Waals surface area contributed by atoms with Gasteiger partial charge >= 0.3 is 0 Å². The fourth-order valence-electron chi connectivity index (χ4n) is 1.94. The zero-order valence-corrected chi connectivity index (χ0v) is 11.8. The van der Waals surface area contributed by atoms with Gasteiger partial charge in [0.2, 0.25) is 0 Å². The summed E-state index contributed by atoms with van der Waals surface area (Å²) >= 11 is 0. The van der Waals surface area contributed by atoms with Crippen LogP contribution < -0.4 is 0 Å². The van der Waals surface area contributed by atoms with Gasteiger partial charge in [0, 0.05) is 0 Å². The zero-order valence-electron chi connectivity index (χ0n) is 11.8. The van der Waals surface area contributed by atoms with Gasteiger partial charge in [-0.2, -0.15) is 0 Å². The Balaban J connectivity index is 2.48. The molecule has 2 rings (SSSR count). The van der Waals surface area contributed by atoms with Gasteiger partial charge in [0.25, 0.3) is 0 Å². The Bertz CT molecular complexity index is 588. The van der Waals surface area contributed by atoms with Gasteiger partial charge < -0.3 is 0 Å². The highest BCUT2D eigenvalue weighted by atomic mass is 15.0. The average molecular weight is 254 g/mol. The first-order chi connectivity index (χ1) is 9.09. The summed E-state index contributed by atoms with van der Waals surface area (Å²) in [6.45, 7) is 8.34. The maximum Gasteiger partial charge on any atom is 0.176 e. The van der Waals surface area contributed by atoms with E-state index >= 15 is 0 Å². The smallest absolute Gasteiger partial charge is 0.176 e. The predicted octanol–water partition coefficient (Wildman–Crippen LogP) is 3.44. The van der Waals surface area contributed by atoms with Crippen LogP contribution in [0.2, 0.25) is 0 Å². The summed E-state index contributed by atoms with van der Waals surface area (Å²) in [4.78, 5) is 16.8. The minimum absolute atomic E-state index is 0.435. The molecule has 0 saturated carbocycles. The van der Waals surface area contributed by atoms with Gasteiger partial charge in [-0.1, -0.05) is 32.0 Å². The summed E-state index contributed by atoms with van der Waals surface area (Å²) in [5.74, 6) is 1.05. The van der Waals surface area contributed by atoms with Crippen molar-refractivity contribution in [3.63, 3.8) is 0 Å². The Kier molecular flexibility index (Phi) is 4.00. The molecule has 0 atom stereocenters. The molecule has 0 spiro atoms. The van der Waals surface area contributed by atoms with E-state index in [9.17, 15) is 0 Å². The number of rotatable bonds is 3. The molecule has 4 heteroatoms. The molecule has 0 aliphatic carbocycles. The molecule has 0 unspecified atom stereocenters. The number of aromatic nitrogens is 3. The first kappa shape index (κ1) is 13.3. The van der Waals surface area contributed by atoms with Crippen LogP contribution in [0.25, 0.3) is 0 Å². The van der Waals surface area contributed by atoms with Crippen molar-refractivity contribution in [1.82, 2.24) is 15.0 Å². The third-order valence-corrected chi connectivity index (χ3v) is 2.99. The van der Waals surface area contributed by atoms with Crippen molar-refractivity contribution in [2.45, 2.75) is 33.6 Å². The highest BCUT2D eigenvalue weighted by Gasteiger charge is 2.09. The average Bonchev–Trinajstić information content (AvgIpc) is 2.41. The molecule has 1 heterocycles. The number of benzene rings is 1. The lowest BCUT2D eigenvalue weighted by atomic mass is 9.98. The Labute approximate surface area is 113 Å². The van der Waals surface area contributed by atoms with E-state index in [0.29, 0.717) is 11.7 Å². The predicted molar refractivity (Wildman–Crippen MR) is 77.0 cm³/mol. The van der Waals surface area contributed by atoms with Crippen molar-refractivity contribution in [3.05, 3.63) is 47.8 Å². The molecule has 2 aromatic rings. The fourth-order valence-corrected chi connectivity index (χ4v) is 1.94. The van der Waals surface area contributed by atoms with Crippen molar-refractivity contribution >= 4 is 11.4 Å². The van der Waals surface area contributed by atoms with E-state index < -0.39 is 0 Å². The van der Waals surface area contributed by atoms with Gasteiger partial charge in [-0.05, 0) is 30.9 Å². The molecular weight excluding hydrogens is 236 g/mol. The summed E-state index contributed by atoms with van der Waals surface area (Å²) in [7, 11) is 0. The lowest BCUT2D eigenvalue weighted by molar-refractivity contribution is 0.865. The van der Waals surface area contributed by atoms with Gasteiger partial charge in [0.15, 0.2) is 5.82 Å². The van der Waals surface area contributed by atoms with Crippen LogP contribution in [0.15, 0.2) is 35.8 Å². The summed E-state index contributed by atoms with van der Waals surface area (Å²) in [5.41, 5.74) is 4.24. The van der Waals surface area contributed by atoms with Gasteiger partial charge in [-0.25, -0.2) is 19.9 Å². The molecular formula is C15H18N4. The Morgan fingerprint density at radius 3 is 2.47 bits per heavy atom. The molecule has 0 saturated heterocycles. The molecule has 19 heavy (non-hydrogen) atoms. The number of hydrogen-bond acceptors (Lipinski definition) is 4. The van der Waals surface area contributed by atoms with Crippen molar-refractivity contribution < 1.29 is 0 Å². The van der Waals surface area contributed by atoms with Gasteiger partial charge in [-0.15, -0.1) is 0 Å². The van der Waals surface area contributed by atoms with Crippen molar-refractivity contribution in [3.8, 4) is 0 Å². The van der Waals surface area contributed by atoms with Crippen LogP contribution in [-0.2, 0) is 0 Å². The standard InChI is InChI=1S/C15H18N4/c1-10(2)13-7-5-6-11(3)14(13)19-12(4)15-17-8-16-9-18-15/h5-10H,1-4H3. The molecule has 1 aromatic heterocycles. The molecule has 0 N–H and O–H groups in total. The second-order valence-electron chi connectivity index (χ2n) is 4.83. The minimum atomic E-state index is 0.435. The van der Waals surface area contributed by atoms with E-state index in [1.165, 1.54) is 23.8 Å². The number of aryl methyl sites for hydroxylation is 1. The van der Waals surface area contributed by atoms with Crippen molar-refractivity contribution in [2.75, 3.05) is 0 Å². The highest BCUT2D eigenvalue weighted by molar-refractivity contribution is 5.97. The second-order valence-corrected chi connectivity index (χ2v) is 4.83. The summed E-state index contributed by atoms with van der Waals surface area (Å²) in [6, 6.07) is 6.27. The van der Waals surface area contributed by atoms with E-state index in [-0.39, 0.29) is 0 Å². The minimum Gasteiger partial charge on any atom is -0.249 e. The van der Waals surface area contributed by atoms with E-state index in [1.54, 1.807) is 0 Å². The first-order valence-electron chi connectivity index (χ1n) is 6.36. The molecule has 1 aromatic carbocycles. The first-order valence-corrected chi connectivity index (χ1v) is 6.36. The summed E-state index contributed by atoms with van der Waals surface area (Å²) in [5, 5.41) is 0. The van der Waals surface area contributed by atoms with Crippen molar-refractivity contribution in [2.24, 2.45) is 4.99 Å². The number of hydrogen-bond donors (Lipinski definition) is 0. The molecule has 0 aliphatic rings. The quantitative estimate of drug-likeness (QED) is 0.788. The van der Waals surface area contributed by atoms with Gasteiger partial charge in [0.1, 0.15) is 12.7 Å². The molecule has 0 amide bonds. The highest BCUT2D eigenvalue weighted by Crippen LogP contribution is 2.30. The van der Waals surface area contributed by atoms with Crippen LogP contribution in [0.4, 0.5) is 5.69 Å². The second kappa shape index (κ2) is 5.69. The van der Waals surface area contributed by atoms with Gasteiger partial charge in [0.05, 0.1) is 11.4 Å². The lowest BCUT2D eigenvalue weighted by Gasteiger charge is -2.12. The fraction of sp³-hybridized carbons (Fsp3) is 0.333. The van der Waals surface area contributed by atoms with Crippen LogP contribution in [0, 0.1) is 6.92 Å². The van der Waals surface area contributed by atoms with Crippen LogP contribution >= 0.6 is 0 Å². The monoisotopic (exact) mass is 254 g/mol. The maximum atomic E-state index is 4.71. The number of aliphatic imine (C=N–C) groups is 1. The Morgan fingerprint density at radius 2 is 1.84 bits per heavy atom. The van der Waals surface area contributed by atoms with E-state index in [2.05, 4.69) is 53.9 Å². The lowest BCUT2D eigenvalue weighted by Crippen LogP contribution is -2.02.